The lowest BCUT2D eigenvalue weighted by Gasteiger charge is -2.17. The minimum absolute atomic E-state index is 0.105. The van der Waals surface area contributed by atoms with Crippen LogP contribution < -0.4 is 14.8 Å². The van der Waals surface area contributed by atoms with Crippen LogP contribution >= 0.6 is 0 Å². The fourth-order valence-electron chi connectivity index (χ4n) is 3.27. The van der Waals surface area contributed by atoms with Crippen LogP contribution in [0, 0.1) is 0 Å². The van der Waals surface area contributed by atoms with Crippen LogP contribution in [0.15, 0.2) is 71.6 Å². The Morgan fingerprint density at radius 2 is 1.57 bits per heavy atom. The molecule has 0 aliphatic rings. The van der Waals surface area contributed by atoms with Crippen molar-refractivity contribution in [1.82, 2.24) is 4.98 Å². The third kappa shape index (κ3) is 3.10. The maximum absolute atomic E-state index is 13.2. The van der Waals surface area contributed by atoms with Gasteiger partial charge >= 0.3 is 10.1 Å². The van der Waals surface area contributed by atoms with Crippen molar-refractivity contribution >= 4 is 43.3 Å². The molecule has 4 rings (SSSR count). The number of pyridine rings is 1. The van der Waals surface area contributed by atoms with E-state index in [1.165, 1.54) is 6.07 Å². The van der Waals surface area contributed by atoms with Crippen molar-refractivity contribution < 1.29 is 12.6 Å². The number of fused-ring (bicyclic) bond motifs is 2. The van der Waals surface area contributed by atoms with E-state index < -0.39 is 10.1 Å². The van der Waals surface area contributed by atoms with Gasteiger partial charge in [0.15, 0.2) is 5.75 Å². The first-order chi connectivity index (χ1) is 13.4. The van der Waals surface area contributed by atoms with Crippen molar-refractivity contribution in [3.8, 4) is 5.75 Å². The summed E-state index contributed by atoms with van der Waals surface area (Å²) in [6.45, 7) is 0. The monoisotopic (exact) mass is 393 g/mol. The molecule has 0 bridgehead atoms. The van der Waals surface area contributed by atoms with Crippen LogP contribution in [-0.2, 0) is 10.1 Å². The molecule has 0 aliphatic carbocycles. The number of hydrogen-bond acceptors (Lipinski definition) is 6. The minimum atomic E-state index is -4.09. The lowest BCUT2D eigenvalue weighted by atomic mass is 10.1. The van der Waals surface area contributed by atoms with Crippen molar-refractivity contribution in [3.05, 3.63) is 66.7 Å². The summed E-state index contributed by atoms with van der Waals surface area (Å²) >= 11 is 0. The Bertz CT molecular complexity index is 1300. The molecule has 6 nitrogen and oxygen atoms in total. The van der Waals surface area contributed by atoms with E-state index >= 15 is 0 Å². The van der Waals surface area contributed by atoms with Gasteiger partial charge in [-0.05, 0) is 24.3 Å². The zero-order valence-corrected chi connectivity index (χ0v) is 16.3. The Morgan fingerprint density at radius 3 is 2.36 bits per heavy atom. The van der Waals surface area contributed by atoms with Gasteiger partial charge in [0.1, 0.15) is 10.7 Å². The largest absolute Gasteiger partial charge is 0.384 e. The average Bonchev–Trinajstić information content (AvgIpc) is 2.66. The van der Waals surface area contributed by atoms with Crippen LogP contribution in [-0.4, -0.2) is 27.5 Å². The van der Waals surface area contributed by atoms with Crippen molar-refractivity contribution in [3.63, 3.8) is 0 Å². The quantitative estimate of drug-likeness (QED) is 0.531. The van der Waals surface area contributed by atoms with Crippen LogP contribution in [0.25, 0.3) is 21.7 Å². The molecular formula is C21H19N3O3S. The highest BCUT2D eigenvalue weighted by molar-refractivity contribution is 7.87. The molecule has 1 heterocycles. The molecule has 0 spiro atoms. The molecule has 0 saturated heterocycles. The van der Waals surface area contributed by atoms with Gasteiger partial charge in [-0.1, -0.05) is 36.4 Å². The van der Waals surface area contributed by atoms with E-state index in [-0.39, 0.29) is 16.5 Å². The first-order valence-electron chi connectivity index (χ1n) is 8.65. The summed E-state index contributed by atoms with van der Waals surface area (Å²) in [6, 6.07) is 19.2. The number of hydrogen-bond donors (Lipinski definition) is 1. The van der Waals surface area contributed by atoms with Crippen molar-refractivity contribution in [2.75, 3.05) is 24.7 Å². The van der Waals surface area contributed by atoms with Crippen molar-refractivity contribution in [2.24, 2.45) is 0 Å². The number of nitrogen functional groups attached to an aromatic ring is 1. The Balaban J connectivity index is 1.88. The van der Waals surface area contributed by atoms with Crippen LogP contribution in [0.5, 0.6) is 5.75 Å². The molecule has 0 aliphatic heterocycles. The smallest absolute Gasteiger partial charge is 0.339 e. The molecule has 0 unspecified atom stereocenters. The van der Waals surface area contributed by atoms with Gasteiger partial charge in [0.05, 0.1) is 5.52 Å². The Labute approximate surface area is 163 Å². The zero-order valence-electron chi connectivity index (χ0n) is 15.5. The summed E-state index contributed by atoms with van der Waals surface area (Å²) in [5, 5.41) is 2.01. The summed E-state index contributed by atoms with van der Waals surface area (Å²) in [7, 11) is -0.262. The first kappa shape index (κ1) is 18.1. The van der Waals surface area contributed by atoms with Crippen LogP contribution in [0.3, 0.4) is 0 Å². The number of nitrogens with zero attached hydrogens (tertiary/aromatic N) is 2. The summed E-state index contributed by atoms with van der Waals surface area (Å²) in [6.07, 6.45) is 0. The summed E-state index contributed by atoms with van der Waals surface area (Å²) in [5.74, 6) is 0.348. The van der Waals surface area contributed by atoms with Gasteiger partial charge < -0.3 is 14.8 Å². The number of para-hydroxylation sites is 1. The molecule has 7 heteroatoms. The van der Waals surface area contributed by atoms with Crippen LogP contribution in [0.2, 0.25) is 0 Å². The third-order valence-corrected chi connectivity index (χ3v) is 5.80. The Hall–Kier alpha value is -3.32. The Kier molecular flexibility index (Phi) is 4.31. The average molecular weight is 393 g/mol. The SMILES string of the molecule is CN(C)c1cccc2c(S(=O)(=O)Oc3cc(N)nc4ccccc34)cccc12. The van der Waals surface area contributed by atoms with E-state index in [0.717, 1.165) is 11.1 Å². The standard InChI is InChI=1S/C21H19N3O3S/c1-24(2)18-11-5-9-15-14(18)8-6-12-20(15)28(25,26)27-19-13-21(22)23-17-10-4-3-7-16(17)19/h3-13H,1-2H3,(H2,22,23). The Morgan fingerprint density at radius 1 is 0.893 bits per heavy atom. The summed E-state index contributed by atoms with van der Waals surface area (Å²) in [4.78, 5) is 6.26. The van der Waals surface area contributed by atoms with Crippen molar-refractivity contribution in [1.29, 1.82) is 0 Å². The maximum Gasteiger partial charge on any atom is 0.339 e. The molecule has 2 N–H and O–H groups in total. The first-order valence-corrected chi connectivity index (χ1v) is 10.1. The molecule has 0 radical (unpaired) electrons. The minimum Gasteiger partial charge on any atom is -0.384 e. The highest BCUT2D eigenvalue weighted by Crippen LogP contribution is 2.33. The number of benzene rings is 3. The maximum atomic E-state index is 13.2. The lowest BCUT2D eigenvalue weighted by molar-refractivity contribution is 0.489. The van der Waals surface area contributed by atoms with E-state index in [9.17, 15) is 8.42 Å². The highest BCUT2D eigenvalue weighted by Gasteiger charge is 2.22. The molecule has 4 aromatic rings. The molecule has 1 aromatic heterocycles. The summed E-state index contributed by atoms with van der Waals surface area (Å²) in [5.41, 5.74) is 7.33. The second-order valence-corrected chi connectivity index (χ2v) is 8.14. The second kappa shape index (κ2) is 6.69. The van der Waals surface area contributed by atoms with Gasteiger partial charge in [0.25, 0.3) is 0 Å². The van der Waals surface area contributed by atoms with Gasteiger partial charge in [0.2, 0.25) is 0 Å². The number of aromatic nitrogens is 1. The van der Waals surface area contributed by atoms with E-state index in [4.69, 9.17) is 9.92 Å². The summed E-state index contributed by atoms with van der Waals surface area (Å²) < 4.78 is 31.8. The van der Waals surface area contributed by atoms with Gasteiger partial charge in [-0.2, -0.15) is 8.42 Å². The molecule has 0 atom stereocenters. The fourth-order valence-corrected chi connectivity index (χ4v) is 4.42. The van der Waals surface area contributed by atoms with E-state index in [1.54, 1.807) is 42.5 Å². The van der Waals surface area contributed by atoms with Crippen LogP contribution in [0.1, 0.15) is 0 Å². The molecule has 0 fully saturated rings. The topological polar surface area (TPSA) is 85.5 Å². The van der Waals surface area contributed by atoms with E-state index in [1.807, 2.05) is 37.2 Å². The second-order valence-electron chi connectivity index (χ2n) is 6.62. The van der Waals surface area contributed by atoms with Gasteiger partial charge in [-0.25, -0.2) is 4.98 Å². The molecule has 0 saturated carbocycles. The number of nitrogens with two attached hydrogens (primary N) is 1. The van der Waals surface area contributed by atoms with Gasteiger partial charge in [0, 0.05) is 42.0 Å². The molecule has 0 amide bonds. The van der Waals surface area contributed by atoms with E-state index in [2.05, 4.69) is 4.98 Å². The molecule has 142 valence electrons. The van der Waals surface area contributed by atoms with Gasteiger partial charge in [-0.15, -0.1) is 0 Å². The lowest BCUT2D eigenvalue weighted by Crippen LogP contribution is -2.12. The van der Waals surface area contributed by atoms with Crippen molar-refractivity contribution in [2.45, 2.75) is 4.90 Å². The normalized spacial score (nSPS) is 11.6. The van der Waals surface area contributed by atoms with Crippen LogP contribution in [0.4, 0.5) is 11.5 Å². The number of anilines is 2. The predicted molar refractivity (Wildman–Crippen MR) is 112 cm³/mol. The van der Waals surface area contributed by atoms with Gasteiger partial charge in [-0.3, -0.25) is 0 Å². The predicted octanol–water partition coefficient (Wildman–Crippen LogP) is 3.80. The molecule has 28 heavy (non-hydrogen) atoms. The third-order valence-electron chi connectivity index (χ3n) is 4.51. The van der Waals surface area contributed by atoms with E-state index in [0.29, 0.717) is 16.3 Å². The zero-order chi connectivity index (χ0) is 19.9. The number of rotatable bonds is 4. The fraction of sp³-hybridized carbons (Fsp3) is 0.0952. The molecule has 3 aromatic carbocycles. The highest BCUT2D eigenvalue weighted by atomic mass is 32.2. The molecular weight excluding hydrogens is 374 g/mol.